The van der Waals surface area contributed by atoms with Gasteiger partial charge in [0, 0.05) is 10.6 Å². The molecule has 118 valence electrons. The molecule has 0 bridgehead atoms. The van der Waals surface area contributed by atoms with Crippen molar-refractivity contribution < 1.29 is 18.3 Å². The van der Waals surface area contributed by atoms with Crippen molar-refractivity contribution in [2.24, 2.45) is 0 Å². The molecule has 2 N–H and O–H groups in total. The zero-order valence-corrected chi connectivity index (χ0v) is 13.7. The van der Waals surface area contributed by atoms with E-state index in [0.717, 1.165) is 0 Å². The van der Waals surface area contributed by atoms with Crippen molar-refractivity contribution in [3.63, 3.8) is 0 Å². The summed E-state index contributed by atoms with van der Waals surface area (Å²) in [6, 6.07) is 9.51. The number of halogens is 1. The van der Waals surface area contributed by atoms with Crippen molar-refractivity contribution in [1.82, 2.24) is 0 Å². The van der Waals surface area contributed by atoms with Gasteiger partial charge in [0.15, 0.2) is 0 Å². The van der Waals surface area contributed by atoms with Crippen LogP contribution < -0.4 is 9.46 Å². The number of ether oxygens (including phenoxy) is 1. The first kappa shape index (κ1) is 16.6. The summed E-state index contributed by atoms with van der Waals surface area (Å²) in [5, 5.41) is 9.66. The number of para-hydroxylation sites is 1. The summed E-state index contributed by atoms with van der Waals surface area (Å²) in [6.07, 6.45) is 0. The highest BCUT2D eigenvalue weighted by molar-refractivity contribution is 7.92. The van der Waals surface area contributed by atoms with Crippen molar-refractivity contribution >= 4 is 27.3 Å². The lowest BCUT2D eigenvalue weighted by Gasteiger charge is -2.15. The van der Waals surface area contributed by atoms with Crippen LogP contribution >= 0.6 is 11.6 Å². The van der Waals surface area contributed by atoms with Crippen LogP contribution in [0.4, 0.5) is 5.69 Å². The molecule has 0 unspecified atom stereocenters. The molecule has 2 aromatic rings. The summed E-state index contributed by atoms with van der Waals surface area (Å²) >= 11 is 5.88. The topological polar surface area (TPSA) is 75.6 Å². The lowest BCUT2D eigenvalue weighted by atomic mass is 10.1. The summed E-state index contributed by atoms with van der Waals surface area (Å²) in [7, 11) is -2.52. The van der Waals surface area contributed by atoms with Crippen LogP contribution in [-0.2, 0) is 16.6 Å². The third-order valence-electron chi connectivity index (χ3n) is 3.18. The average Bonchev–Trinajstić information content (AvgIpc) is 2.49. The molecule has 2 rings (SSSR count). The monoisotopic (exact) mass is 341 g/mol. The first-order valence-corrected chi connectivity index (χ1v) is 8.31. The molecule has 7 heteroatoms. The molecule has 0 aliphatic rings. The van der Waals surface area contributed by atoms with E-state index in [1.807, 2.05) is 0 Å². The van der Waals surface area contributed by atoms with Gasteiger partial charge in [-0.3, -0.25) is 4.72 Å². The van der Waals surface area contributed by atoms with Gasteiger partial charge in [0.2, 0.25) is 0 Å². The van der Waals surface area contributed by atoms with Gasteiger partial charge in [0.05, 0.1) is 19.4 Å². The number of anilines is 1. The number of benzene rings is 2. The number of methoxy groups -OCH3 is 1. The fourth-order valence-corrected chi connectivity index (χ4v) is 3.66. The summed E-state index contributed by atoms with van der Waals surface area (Å²) < 4.78 is 32.8. The number of sulfonamides is 1. The number of rotatable bonds is 5. The molecule has 0 spiro atoms. The Morgan fingerprint density at radius 2 is 2.00 bits per heavy atom. The fraction of sp³-hybridized carbons (Fsp3) is 0.200. The summed E-state index contributed by atoms with van der Waals surface area (Å²) in [5.74, 6) is 0.191. The first-order chi connectivity index (χ1) is 10.4. The van der Waals surface area contributed by atoms with Crippen LogP contribution in [0.1, 0.15) is 11.1 Å². The minimum Gasteiger partial charge on any atom is -0.495 e. The van der Waals surface area contributed by atoms with Crippen molar-refractivity contribution in [3.8, 4) is 5.75 Å². The molecule has 0 aliphatic carbocycles. The largest absolute Gasteiger partial charge is 0.495 e. The van der Waals surface area contributed by atoms with Gasteiger partial charge in [-0.25, -0.2) is 8.42 Å². The van der Waals surface area contributed by atoms with Gasteiger partial charge in [0.25, 0.3) is 10.0 Å². The minimum absolute atomic E-state index is 0.0605. The van der Waals surface area contributed by atoms with E-state index in [0.29, 0.717) is 16.8 Å². The van der Waals surface area contributed by atoms with Crippen LogP contribution in [0.25, 0.3) is 0 Å². The molecule has 0 heterocycles. The number of hydrogen-bond donors (Lipinski definition) is 2. The second-order valence-corrected chi connectivity index (χ2v) is 6.76. The molecule has 0 radical (unpaired) electrons. The third-order valence-corrected chi connectivity index (χ3v) is 4.79. The van der Waals surface area contributed by atoms with Crippen LogP contribution in [0.3, 0.4) is 0 Å². The molecule has 5 nitrogen and oxygen atoms in total. The Kier molecular flexibility index (Phi) is 4.95. The van der Waals surface area contributed by atoms with Gasteiger partial charge in [-0.2, -0.15) is 0 Å². The van der Waals surface area contributed by atoms with E-state index in [1.54, 1.807) is 31.2 Å². The average molecular weight is 342 g/mol. The Balaban J connectivity index is 2.52. The lowest BCUT2D eigenvalue weighted by Crippen LogP contribution is -2.16. The highest BCUT2D eigenvalue weighted by atomic mass is 35.5. The number of aryl methyl sites for hydroxylation is 1. The van der Waals surface area contributed by atoms with Gasteiger partial charge in [0.1, 0.15) is 10.6 Å². The first-order valence-electron chi connectivity index (χ1n) is 6.44. The van der Waals surface area contributed by atoms with Crippen LogP contribution in [0, 0.1) is 6.92 Å². The molecule has 0 fully saturated rings. The van der Waals surface area contributed by atoms with Crippen LogP contribution in [0.2, 0.25) is 5.02 Å². The van der Waals surface area contributed by atoms with Gasteiger partial charge in [-0.15, -0.1) is 0 Å². The van der Waals surface area contributed by atoms with E-state index in [1.165, 1.54) is 19.2 Å². The zero-order chi connectivity index (χ0) is 16.3. The molecule has 0 aliphatic heterocycles. The Bertz CT molecular complexity index is 790. The Labute approximate surface area is 134 Å². The minimum atomic E-state index is -3.90. The summed E-state index contributed by atoms with van der Waals surface area (Å²) in [5.41, 5.74) is 1.55. The van der Waals surface area contributed by atoms with Crippen molar-refractivity contribution in [3.05, 3.63) is 52.5 Å². The molecule has 0 atom stereocenters. The Morgan fingerprint density at radius 1 is 1.27 bits per heavy atom. The maximum absolute atomic E-state index is 12.6. The van der Waals surface area contributed by atoms with E-state index >= 15 is 0 Å². The van der Waals surface area contributed by atoms with Gasteiger partial charge in [-0.1, -0.05) is 29.8 Å². The molecule has 22 heavy (non-hydrogen) atoms. The maximum Gasteiger partial charge on any atom is 0.265 e. The molecular weight excluding hydrogens is 326 g/mol. The predicted molar refractivity (Wildman–Crippen MR) is 85.9 cm³/mol. The summed E-state index contributed by atoms with van der Waals surface area (Å²) in [4.78, 5) is -0.0605. The van der Waals surface area contributed by atoms with Gasteiger partial charge >= 0.3 is 0 Å². The van der Waals surface area contributed by atoms with Gasteiger partial charge < -0.3 is 9.84 Å². The normalized spacial score (nSPS) is 11.3. The smallest absolute Gasteiger partial charge is 0.265 e. The second-order valence-electron chi connectivity index (χ2n) is 4.67. The summed E-state index contributed by atoms with van der Waals surface area (Å²) in [6.45, 7) is 1.48. The van der Waals surface area contributed by atoms with Crippen molar-refractivity contribution in [2.45, 2.75) is 18.4 Å². The van der Waals surface area contributed by atoms with E-state index in [4.69, 9.17) is 16.3 Å². The number of hydrogen-bond acceptors (Lipinski definition) is 4. The second kappa shape index (κ2) is 6.56. The quantitative estimate of drug-likeness (QED) is 0.876. The van der Waals surface area contributed by atoms with E-state index in [9.17, 15) is 13.5 Å². The number of nitrogens with one attached hydrogen (secondary N) is 1. The maximum atomic E-state index is 12.6. The highest BCUT2D eigenvalue weighted by Gasteiger charge is 2.22. The number of aliphatic hydroxyl groups excluding tert-OH is 1. The van der Waals surface area contributed by atoms with Gasteiger partial charge in [-0.05, 0) is 30.7 Å². The fourth-order valence-electron chi connectivity index (χ4n) is 2.06. The van der Waals surface area contributed by atoms with Crippen LogP contribution in [0.5, 0.6) is 5.75 Å². The lowest BCUT2D eigenvalue weighted by molar-refractivity contribution is 0.282. The van der Waals surface area contributed by atoms with Crippen molar-refractivity contribution in [2.75, 3.05) is 11.8 Å². The Hall–Kier alpha value is -1.76. The molecule has 0 aromatic heterocycles. The number of aliphatic hydroxyl groups is 1. The van der Waals surface area contributed by atoms with E-state index < -0.39 is 10.0 Å². The van der Waals surface area contributed by atoms with E-state index in [2.05, 4.69) is 4.72 Å². The molecule has 0 saturated carbocycles. The molecule has 2 aromatic carbocycles. The predicted octanol–water partition coefficient (Wildman–Crippen LogP) is 2.95. The van der Waals surface area contributed by atoms with E-state index in [-0.39, 0.29) is 22.3 Å². The molecular formula is C15H16ClNO4S. The standard InChI is InChI=1S/C15H16ClNO4S/c1-10-4-3-5-11(9-18)15(10)17-22(19,20)14-8-12(16)6-7-13(14)21-2/h3-8,17-18H,9H2,1-2H3. The van der Waals surface area contributed by atoms with Crippen LogP contribution in [-0.4, -0.2) is 20.6 Å². The Morgan fingerprint density at radius 3 is 2.64 bits per heavy atom. The zero-order valence-electron chi connectivity index (χ0n) is 12.1. The van der Waals surface area contributed by atoms with Crippen molar-refractivity contribution in [1.29, 1.82) is 0 Å². The SMILES string of the molecule is COc1ccc(Cl)cc1S(=O)(=O)Nc1c(C)cccc1CO. The molecule has 0 saturated heterocycles. The molecule has 0 amide bonds. The third kappa shape index (κ3) is 3.35. The highest BCUT2D eigenvalue weighted by Crippen LogP contribution is 2.30. The van der Waals surface area contributed by atoms with Crippen LogP contribution in [0.15, 0.2) is 41.3 Å².